The molecule has 0 aromatic rings. The molecule has 0 saturated heterocycles. The summed E-state index contributed by atoms with van der Waals surface area (Å²) in [7, 11) is 6.00. The Morgan fingerprint density at radius 1 is 1.33 bits per heavy atom. The van der Waals surface area contributed by atoms with E-state index in [1.807, 2.05) is 26.0 Å². The number of aliphatic hydroxyl groups excluding tert-OH is 3. The first-order valence-corrected chi connectivity index (χ1v) is 4.17. The fraction of sp³-hybridized carbons (Fsp3) is 0.667. The molecule has 0 aliphatic rings. The molecule has 0 aliphatic carbocycles. The molecule has 15 heavy (non-hydrogen) atoms. The third-order valence-electron chi connectivity index (χ3n) is 0.596. The number of rotatable bonds is 3. The fourth-order valence-corrected chi connectivity index (χ4v) is 0.0577. The Kier molecular flexibility index (Phi) is 20.3. The minimum Gasteiger partial charge on any atom is -0.478 e. The van der Waals surface area contributed by atoms with Gasteiger partial charge in [-0.15, -0.1) is 0 Å². The molecule has 0 amide bonds. The van der Waals surface area contributed by atoms with E-state index in [9.17, 15) is 4.79 Å². The van der Waals surface area contributed by atoms with Gasteiger partial charge in [-0.05, 0) is 21.1 Å². The monoisotopic (exact) mass is 223 g/mol. The highest BCUT2D eigenvalue weighted by Crippen LogP contribution is 1.71. The van der Waals surface area contributed by atoms with Crippen molar-refractivity contribution in [3.05, 3.63) is 12.7 Å². The summed E-state index contributed by atoms with van der Waals surface area (Å²) in [4.78, 5) is 11.2. The maximum absolute atomic E-state index is 9.25. The highest BCUT2D eigenvalue weighted by atomic mass is 16.4. The van der Waals surface area contributed by atoms with Crippen LogP contribution in [0.5, 0.6) is 0 Å². The van der Waals surface area contributed by atoms with Gasteiger partial charge >= 0.3 is 5.97 Å². The molecule has 0 aromatic carbocycles. The molecule has 6 nitrogen and oxygen atoms in total. The van der Waals surface area contributed by atoms with Crippen molar-refractivity contribution in [1.82, 2.24) is 4.90 Å². The van der Waals surface area contributed by atoms with E-state index in [0.29, 0.717) is 0 Å². The summed E-state index contributed by atoms with van der Waals surface area (Å²) in [6.07, 6.45) is -0.120. The van der Waals surface area contributed by atoms with Crippen LogP contribution >= 0.6 is 0 Å². The molecule has 6 heteroatoms. The number of carbonyl (C=O) groups is 1. The largest absolute Gasteiger partial charge is 0.478 e. The molecule has 4 N–H and O–H groups in total. The van der Waals surface area contributed by atoms with Crippen LogP contribution in [0.3, 0.4) is 0 Å². The molecular formula is C9H21NO5. The van der Waals surface area contributed by atoms with E-state index in [4.69, 9.17) is 20.4 Å². The smallest absolute Gasteiger partial charge is 0.327 e. The van der Waals surface area contributed by atoms with Gasteiger partial charge in [0, 0.05) is 6.08 Å². The van der Waals surface area contributed by atoms with Gasteiger partial charge in [-0.25, -0.2) is 4.79 Å². The van der Waals surface area contributed by atoms with Gasteiger partial charge in [-0.3, -0.25) is 0 Å². The first-order valence-electron chi connectivity index (χ1n) is 4.17. The topological polar surface area (TPSA) is 101 Å². The van der Waals surface area contributed by atoms with Crippen LogP contribution in [0.1, 0.15) is 0 Å². The van der Waals surface area contributed by atoms with E-state index in [1.165, 1.54) is 0 Å². The Bertz CT molecular complexity index is 143. The molecule has 0 heterocycles. The minimum atomic E-state index is -0.981. The molecule has 0 fully saturated rings. The van der Waals surface area contributed by atoms with Crippen LogP contribution in [0.15, 0.2) is 12.7 Å². The van der Waals surface area contributed by atoms with Crippen LogP contribution < -0.4 is 0 Å². The predicted molar refractivity (Wildman–Crippen MR) is 57.6 cm³/mol. The van der Waals surface area contributed by atoms with Crippen LogP contribution in [0.4, 0.5) is 0 Å². The molecule has 0 rings (SSSR count). The van der Waals surface area contributed by atoms with Gasteiger partial charge in [-0.1, -0.05) is 6.58 Å². The van der Waals surface area contributed by atoms with Crippen molar-refractivity contribution in [2.24, 2.45) is 0 Å². The van der Waals surface area contributed by atoms with Crippen LogP contribution in [-0.2, 0) is 4.79 Å². The van der Waals surface area contributed by atoms with Crippen LogP contribution in [-0.4, -0.2) is 71.8 Å². The average Bonchev–Trinajstić information content (AvgIpc) is 2.16. The van der Waals surface area contributed by atoms with Gasteiger partial charge in [0.2, 0.25) is 0 Å². The Morgan fingerprint density at radius 2 is 1.53 bits per heavy atom. The third-order valence-corrected chi connectivity index (χ3v) is 0.596. The van der Waals surface area contributed by atoms with Crippen LogP contribution in [0.25, 0.3) is 0 Å². The second-order valence-corrected chi connectivity index (χ2v) is 2.90. The van der Waals surface area contributed by atoms with Gasteiger partial charge in [0.25, 0.3) is 0 Å². The van der Waals surface area contributed by atoms with Gasteiger partial charge in [0.1, 0.15) is 6.10 Å². The molecule has 0 aliphatic heterocycles. The maximum atomic E-state index is 9.25. The van der Waals surface area contributed by atoms with E-state index in [0.717, 1.165) is 6.08 Å². The zero-order valence-electron chi connectivity index (χ0n) is 9.42. The number of hydrogen-bond acceptors (Lipinski definition) is 5. The number of carboxylic acids is 1. The van der Waals surface area contributed by atoms with E-state index in [2.05, 4.69) is 6.58 Å². The molecule has 0 bridgehead atoms. The average molecular weight is 223 g/mol. The molecule has 0 aromatic heterocycles. The van der Waals surface area contributed by atoms with E-state index in [-0.39, 0.29) is 13.2 Å². The first kappa shape index (κ1) is 19.6. The van der Waals surface area contributed by atoms with Crippen LogP contribution in [0.2, 0.25) is 0 Å². The zero-order valence-corrected chi connectivity index (χ0v) is 9.42. The van der Waals surface area contributed by atoms with Gasteiger partial charge in [-0.2, -0.15) is 0 Å². The van der Waals surface area contributed by atoms with E-state index >= 15 is 0 Å². The summed E-state index contributed by atoms with van der Waals surface area (Å²) in [5.74, 6) is -0.981. The molecule has 0 unspecified atom stereocenters. The molecule has 92 valence electrons. The Labute approximate surface area is 90.1 Å². The van der Waals surface area contributed by atoms with Gasteiger partial charge in [0.05, 0.1) is 13.2 Å². The summed E-state index contributed by atoms with van der Waals surface area (Å²) < 4.78 is 0. The summed E-state index contributed by atoms with van der Waals surface area (Å²) in [5.41, 5.74) is 0. The first-order chi connectivity index (χ1) is 6.81. The summed E-state index contributed by atoms with van der Waals surface area (Å²) in [5, 5.41) is 31.6. The Morgan fingerprint density at radius 3 is 1.53 bits per heavy atom. The Balaban J connectivity index is -0.000000147. The lowest BCUT2D eigenvalue weighted by molar-refractivity contribution is -0.131. The number of nitrogens with zero attached hydrogens (tertiary/aromatic N) is 1. The number of aliphatic hydroxyl groups is 3. The predicted octanol–water partition coefficient (Wildman–Crippen LogP) is -1.23. The normalized spacial score (nSPS) is 8.53. The molecule has 0 atom stereocenters. The lowest BCUT2D eigenvalue weighted by Gasteiger charge is -1.96. The Hall–Kier alpha value is -0.950. The van der Waals surface area contributed by atoms with Gasteiger partial charge in [0.15, 0.2) is 0 Å². The number of aliphatic carboxylic acids is 1. The quantitative estimate of drug-likeness (QED) is 0.447. The molecule has 0 saturated carbocycles. The highest BCUT2D eigenvalue weighted by molar-refractivity contribution is 5.78. The number of carboxylic acid groups (broad SMARTS) is 1. The SMILES string of the molecule is C=CC(=O)O.CN(C)C.OCC(O)CO. The zero-order chi connectivity index (χ0) is 12.9. The number of hydrogen-bond donors (Lipinski definition) is 4. The minimum absolute atomic E-state index is 0.365. The highest BCUT2D eigenvalue weighted by Gasteiger charge is 1.93. The summed E-state index contributed by atoms with van der Waals surface area (Å²) in [6, 6.07) is 0. The van der Waals surface area contributed by atoms with Crippen molar-refractivity contribution < 1.29 is 25.2 Å². The van der Waals surface area contributed by atoms with Crippen LogP contribution in [0, 0.1) is 0 Å². The second kappa shape index (κ2) is 15.5. The van der Waals surface area contributed by atoms with Crippen molar-refractivity contribution in [2.45, 2.75) is 6.10 Å². The fourth-order valence-electron chi connectivity index (χ4n) is 0.0577. The van der Waals surface area contributed by atoms with Crippen molar-refractivity contribution in [1.29, 1.82) is 0 Å². The van der Waals surface area contributed by atoms with Crippen molar-refractivity contribution in [3.63, 3.8) is 0 Å². The van der Waals surface area contributed by atoms with Crippen molar-refractivity contribution in [3.8, 4) is 0 Å². The van der Waals surface area contributed by atoms with E-state index < -0.39 is 12.1 Å². The van der Waals surface area contributed by atoms with E-state index in [1.54, 1.807) is 0 Å². The molecule has 0 radical (unpaired) electrons. The summed E-state index contributed by atoms with van der Waals surface area (Å²) in [6.45, 7) is 2.23. The second-order valence-electron chi connectivity index (χ2n) is 2.90. The van der Waals surface area contributed by atoms with Crippen molar-refractivity contribution in [2.75, 3.05) is 34.4 Å². The summed E-state index contributed by atoms with van der Waals surface area (Å²) >= 11 is 0. The van der Waals surface area contributed by atoms with Crippen molar-refractivity contribution >= 4 is 5.97 Å². The maximum Gasteiger partial charge on any atom is 0.327 e. The van der Waals surface area contributed by atoms with Gasteiger partial charge < -0.3 is 25.3 Å². The lowest BCUT2D eigenvalue weighted by Crippen LogP contribution is -2.15. The third kappa shape index (κ3) is 62.5. The molecule has 0 spiro atoms. The molecular weight excluding hydrogens is 202 g/mol. The standard InChI is InChI=1S/C3H9N.C3H8O3.C3H4O2/c1-4(2)3;4-1-3(6)2-5;1-2-3(4)5/h1-3H3;3-6H,1-2H2;2H,1H2,(H,4,5). The lowest BCUT2D eigenvalue weighted by atomic mass is 10.4.